The molecule has 9 aromatic carbocycles. The lowest BCUT2D eigenvalue weighted by Gasteiger charge is -2.24. The first-order valence-corrected chi connectivity index (χ1v) is 19.8. The lowest BCUT2D eigenvalue weighted by atomic mass is 9.79. The monoisotopic (exact) mass is 724 g/mol. The van der Waals surface area contributed by atoms with Gasteiger partial charge in [0.25, 0.3) is 0 Å². The van der Waals surface area contributed by atoms with E-state index in [0.717, 1.165) is 33.1 Å². The van der Waals surface area contributed by atoms with Gasteiger partial charge in [-0.1, -0.05) is 147 Å². The largest absolute Gasteiger partial charge is 0.254 e. The highest BCUT2D eigenvalue weighted by Gasteiger charge is 2.37. The fraction of sp³-hybridized carbons (Fsp3) is 0.0545. The number of benzene rings is 9. The predicted molar refractivity (Wildman–Crippen MR) is 241 cm³/mol. The SMILES string of the molecule is CC1(C)c2cc(-c3ccc4ccc5cccnc5c4n3)ccc2-c2cc3c(-c4ccc5ccccc5c4)c4ccccc4c(-c4ccc5ccccc5c4)c3cc21. The maximum Gasteiger partial charge on any atom is 0.0972 e. The lowest BCUT2D eigenvalue weighted by molar-refractivity contribution is 0.661. The van der Waals surface area contributed by atoms with Crippen LogP contribution in [0.2, 0.25) is 0 Å². The van der Waals surface area contributed by atoms with Crippen molar-refractivity contribution < 1.29 is 0 Å². The molecule has 0 radical (unpaired) electrons. The van der Waals surface area contributed by atoms with Crippen LogP contribution in [0, 0.1) is 0 Å². The van der Waals surface area contributed by atoms with Gasteiger partial charge in [-0.05, 0) is 130 Å². The van der Waals surface area contributed by atoms with Crippen molar-refractivity contribution in [1.82, 2.24) is 9.97 Å². The summed E-state index contributed by atoms with van der Waals surface area (Å²) in [6.07, 6.45) is 1.86. The molecule has 0 aliphatic heterocycles. The quantitative estimate of drug-likeness (QED) is 0.134. The zero-order valence-corrected chi connectivity index (χ0v) is 31.7. The number of hydrogen-bond acceptors (Lipinski definition) is 2. The highest BCUT2D eigenvalue weighted by atomic mass is 14.8. The number of nitrogens with zero attached hydrogens (tertiary/aromatic N) is 2. The predicted octanol–water partition coefficient (Wildman–Crippen LogP) is 14.7. The molecule has 12 rings (SSSR count). The van der Waals surface area contributed by atoms with Crippen LogP contribution in [0.4, 0.5) is 0 Å². The Balaban J connectivity index is 1.13. The van der Waals surface area contributed by atoms with Crippen LogP contribution in [0.5, 0.6) is 0 Å². The molecule has 0 fully saturated rings. The van der Waals surface area contributed by atoms with Gasteiger partial charge in [-0.2, -0.15) is 0 Å². The van der Waals surface area contributed by atoms with E-state index >= 15 is 0 Å². The number of aromatic nitrogens is 2. The first kappa shape index (κ1) is 32.1. The Morgan fingerprint density at radius 2 is 0.895 bits per heavy atom. The van der Waals surface area contributed by atoms with E-state index in [-0.39, 0.29) is 5.41 Å². The van der Waals surface area contributed by atoms with E-state index in [4.69, 9.17) is 9.97 Å². The molecular weight excluding hydrogens is 689 g/mol. The van der Waals surface area contributed by atoms with Gasteiger partial charge >= 0.3 is 0 Å². The van der Waals surface area contributed by atoms with Crippen molar-refractivity contribution >= 4 is 64.9 Å². The Morgan fingerprint density at radius 3 is 1.58 bits per heavy atom. The Hall–Kier alpha value is -7.16. The van der Waals surface area contributed by atoms with Gasteiger partial charge < -0.3 is 0 Å². The normalized spacial score (nSPS) is 13.2. The van der Waals surface area contributed by atoms with Crippen LogP contribution in [-0.4, -0.2) is 9.97 Å². The average molecular weight is 725 g/mol. The molecule has 11 aromatic rings. The molecule has 0 saturated heterocycles. The molecule has 0 bridgehead atoms. The number of hydrogen-bond donors (Lipinski definition) is 0. The second-order valence-corrected chi connectivity index (χ2v) is 16.2. The summed E-state index contributed by atoms with van der Waals surface area (Å²) in [5, 5.41) is 12.3. The number of fused-ring (bicyclic) bond motifs is 10. The Morgan fingerprint density at radius 1 is 0.368 bits per heavy atom. The molecule has 0 spiro atoms. The molecule has 1 aliphatic rings. The minimum atomic E-state index is -0.241. The zero-order valence-electron chi connectivity index (χ0n) is 31.7. The van der Waals surface area contributed by atoms with Gasteiger partial charge in [-0.15, -0.1) is 0 Å². The molecule has 2 aromatic heterocycles. The fourth-order valence-electron chi connectivity index (χ4n) is 9.76. The number of pyridine rings is 2. The summed E-state index contributed by atoms with van der Waals surface area (Å²) in [6, 6.07) is 65.0. The fourth-order valence-corrected chi connectivity index (χ4v) is 9.76. The minimum absolute atomic E-state index is 0.241. The molecule has 57 heavy (non-hydrogen) atoms. The molecule has 2 heterocycles. The minimum Gasteiger partial charge on any atom is -0.254 e. The van der Waals surface area contributed by atoms with Gasteiger partial charge in [0, 0.05) is 27.9 Å². The third-order valence-electron chi connectivity index (χ3n) is 12.6. The highest BCUT2D eigenvalue weighted by Crippen LogP contribution is 2.54. The van der Waals surface area contributed by atoms with Gasteiger partial charge in [0.2, 0.25) is 0 Å². The zero-order chi connectivity index (χ0) is 37.8. The summed E-state index contributed by atoms with van der Waals surface area (Å²) in [5.74, 6) is 0. The van der Waals surface area contributed by atoms with E-state index in [0.29, 0.717) is 0 Å². The summed E-state index contributed by atoms with van der Waals surface area (Å²) in [6.45, 7) is 4.78. The van der Waals surface area contributed by atoms with Crippen LogP contribution >= 0.6 is 0 Å². The summed E-state index contributed by atoms with van der Waals surface area (Å²) in [7, 11) is 0. The van der Waals surface area contributed by atoms with E-state index < -0.39 is 0 Å². The van der Waals surface area contributed by atoms with E-state index in [1.54, 1.807) is 0 Å². The van der Waals surface area contributed by atoms with Crippen molar-refractivity contribution in [1.29, 1.82) is 0 Å². The molecule has 0 N–H and O–H groups in total. The molecule has 1 aliphatic carbocycles. The van der Waals surface area contributed by atoms with Crippen molar-refractivity contribution in [3.63, 3.8) is 0 Å². The maximum absolute atomic E-state index is 5.24. The smallest absolute Gasteiger partial charge is 0.0972 e. The molecule has 2 heteroatoms. The van der Waals surface area contributed by atoms with Crippen LogP contribution in [0.1, 0.15) is 25.0 Å². The molecule has 266 valence electrons. The summed E-state index contributed by atoms with van der Waals surface area (Å²) in [4.78, 5) is 9.97. The first-order chi connectivity index (χ1) is 28.0. The summed E-state index contributed by atoms with van der Waals surface area (Å²) in [5.41, 5.74) is 14.0. The van der Waals surface area contributed by atoms with Crippen LogP contribution in [0.25, 0.3) is 110 Å². The molecule has 2 nitrogen and oxygen atoms in total. The van der Waals surface area contributed by atoms with Crippen molar-refractivity contribution in [3.05, 3.63) is 193 Å². The topological polar surface area (TPSA) is 25.8 Å². The second kappa shape index (κ2) is 11.9. The molecule has 0 unspecified atom stereocenters. The Labute approximate surface area is 330 Å². The van der Waals surface area contributed by atoms with Crippen molar-refractivity contribution in [2.45, 2.75) is 19.3 Å². The van der Waals surface area contributed by atoms with Crippen molar-refractivity contribution in [3.8, 4) is 44.6 Å². The lowest BCUT2D eigenvalue weighted by Crippen LogP contribution is -2.15. The third-order valence-corrected chi connectivity index (χ3v) is 12.6. The molecular formula is C55H36N2. The van der Waals surface area contributed by atoms with Gasteiger partial charge in [0.05, 0.1) is 16.7 Å². The van der Waals surface area contributed by atoms with Crippen LogP contribution in [0.3, 0.4) is 0 Å². The average Bonchev–Trinajstić information content (AvgIpc) is 3.48. The van der Waals surface area contributed by atoms with E-state index in [1.165, 1.54) is 87.6 Å². The molecule has 0 atom stereocenters. The molecule has 0 amide bonds. The molecule has 0 saturated carbocycles. The van der Waals surface area contributed by atoms with Crippen molar-refractivity contribution in [2.75, 3.05) is 0 Å². The second-order valence-electron chi connectivity index (χ2n) is 16.2. The van der Waals surface area contributed by atoms with E-state index in [1.807, 2.05) is 12.3 Å². The van der Waals surface area contributed by atoms with Gasteiger partial charge in [-0.3, -0.25) is 4.98 Å². The van der Waals surface area contributed by atoms with Gasteiger partial charge in [0.1, 0.15) is 0 Å². The van der Waals surface area contributed by atoms with E-state index in [2.05, 4.69) is 184 Å². The standard InChI is InChI=1S/C55H36N2/c1-55(2)48-30-39(50-26-24-36-20-19-35-14-9-27-56-53(35)54(36)57-50)23-25-42(48)45-31-46-47(32-49(45)55)52(41-22-18-34-11-4-6-13-38(34)29-41)44-16-8-7-15-43(44)51(46)40-21-17-33-10-3-5-12-37(33)28-40/h3-32H,1-2H3. The van der Waals surface area contributed by atoms with E-state index in [9.17, 15) is 0 Å². The maximum atomic E-state index is 5.24. The van der Waals surface area contributed by atoms with Crippen LogP contribution in [0.15, 0.2) is 182 Å². The van der Waals surface area contributed by atoms with Crippen LogP contribution < -0.4 is 0 Å². The Bertz CT molecular complexity index is 3500. The van der Waals surface area contributed by atoms with Crippen LogP contribution in [-0.2, 0) is 5.41 Å². The number of rotatable bonds is 3. The van der Waals surface area contributed by atoms with Crippen molar-refractivity contribution in [2.24, 2.45) is 0 Å². The Kier molecular flexibility index (Phi) is 6.72. The highest BCUT2D eigenvalue weighted by molar-refractivity contribution is 6.23. The van der Waals surface area contributed by atoms with Gasteiger partial charge in [0.15, 0.2) is 0 Å². The summed E-state index contributed by atoms with van der Waals surface area (Å²) >= 11 is 0. The first-order valence-electron chi connectivity index (χ1n) is 19.8. The third kappa shape index (κ3) is 4.77. The summed E-state index contributed by atoms with van der Waals surface area (Å²) < 4.78 is 0. The van der Waals surface area contributed by atoms with Gasteiger partial charge in [-0.25, -0.2) is 4.98 Å².